The number of carbonyl (C=O) groups excluding carboxylic acids is 1. The fourth-order valence-electron chi connectivity index (χ4n) is 4.51. The molecule has 0 bridgehead atoms. The van der Waals surface area contributed by atoms with Crippen molar-refractivity contribution in [3.05, 3.63) is 47.4 Å². The molecule has 4 heterocycles. The fraction of sp³-hybridized carbons (Fsp3) is 0.480. The normalized spacial score (nSPS) is 18.9. The Bertz CT molecular complexity index is 1100. The first-order chi connectivity index (χ1) is 16.7. The molecule has 180 valence electrons. The Balaban J connectivity index is 1.32. The van der Waals surface area contributed by atoms with E-state index < -0.39 is 0 Å². The largest absolute Gasteiger partial charge is 0.381 e. The Labute approximate surface area is 202 Å². The van der Waals surface area contributed by atoms with E-state index in [-0.39, 0.29) is 18.1 Å². The van der Waals surface area contributed by atoms with Crippen LogP contribution in [0, 0.1) is 17.7 Å². The van der Waals surface area contributed by atoms with Crippen LogP contribution in [0.25, 0.3) is 21.8 Å². The summed E-state index contributed by atoms with van der Waals surface area (Å²) in [6.07, 6.45) is 5.05. The van der Waals surface area contributed by atoms with E-state index in [2.05, 4.69) is 10.4 Å². The molecular formula is C25H29FN4O3S. The van der Waals surface area contributed by atoms with Gasteiger partial charge in [0.2, 0.25) is 5.91 Å². The van der Waals surface area contributed by atoms with Gasteiger partial charge in [0.05, 0.1) is 36.2 Å². The van der Waals surface area contributed by atoms with Crippen LogP contribution in [-0.4, -0.2) is 53.6 Å². The Morgan fingerprint density at radius 3 is 2.65 bits per heavy atom. The van der Waals surface area contributed by atoms with Crippen LogP contribution in [0.3, 0.4) is 0 Å². The van der Waals surface area contributed by atoms with Crippen LogP contribution in [0.2, 0.25) is 0 Å². The molecule has 1 amide bonds. The second kappa shape index (κ2) is 10.8. The van der Waals surface area contributed by atoms with E-state index in [1.807, 2.05) is 16.3 Å². The first-order valence-corrected chi connectivity index (χ1v) is 12.7. The van der Waals surface area contributed by atoms with Gasteiger partial charge in [-0.3, -0.25) is 9.48 Å². The summed E-state index contributed by atoms with van der Waals surface area (Å²) in [6, 6.07) is 6.47. The molecule has 1 atom stereocenters. The lowest BCUT2D eigenvalue weighted by atomic mass is 10.0. The Hall–Kier alpha value is -2.62. The molecule has 2 aliphatic heterocycles. The lowest BCUT2D eigenvalue weighted by Gasteiger charge is -2.22. The lowest BCUT2D eigenvalue weighted by molar-refractivity contribution is -0.120. The molecule has 3 aromatic rings. The van der Waals surface area contributed by atoms with Gasteiger partial charge >= 0.3 is 0 Å². The maximum absolute atomic E-state index is 13.6. The van der Waals surface area contributed by atoms with Crippen molar-refractivity contribution in [1.82, 2.24) is 20.1 Å². The molecule has 34 heavy (non-hydrogen) atoms. The maximum atomic E-state index is 13.6. The summed E-state index contributed by atoms with van der Waals surface area (Å²) in [5, 5.41) is 10.4. The number of ether oxygens (including phenoxy) is 2. The minimum atomic E-state index is -0.274. The Morgan fingerprint density at radius 2 is 1.88 bits per heavy atom. The number of amides is 1. The van der Waals surface area contributed by atoms with E-state index in [0.29, 0.717) is 18.4 Å². The number of hydrogen-bond donors (Lipinski definition) is 1. The van der Waals surface area contributed by atoms with Crippen LogP contribution in [0.15, 0.2) is 35.8 Å². The van der Waals surface area contributed by atoms with Crippen molar-refractivity contribution in [3.8, 4) is 21.8 Å². The number of thiazole rings is 1. The number of hydrogen-bond acceptors (Lipinski definition) is 6. The minimum Gasteiger partial charge on any atom is -0.381 e. The molecular weight excluding hydrogens is 455 g/mol. The highest BCUT2D eigenvalue weighted by Crippen LogP contribution is 2.35. The van der Waals surface area contributed by atoms with Crippen LogP contribution in [-0.2, 0) is 27.2 Å². The zero-order valence-electron chi connectivity index (χ0n) is 19.0. The molecule has 0 radical (unpaired) electrons. The highest BCUT2D eigenvalue weighted by atomic mass is 32.1. The van der Waals surface area contributed by atoms with E-state index >= 15 is 0 Å². The van der Waals surface area contributed by atoms with Gasteiger partial charge in [0.25, 0.3) is 0 Å². The molecule has 1 aromatic carbocycles. The third-order valence-electron chi connectivity index (χ3n) is 6.46. The smallest absolute Gasteiger partial charge is 0.226 e. The second-order valence-corrected chi connectivity index (χ2v) is 9.86. The molecule has 1 unspecified atom stereocenters. The molecule has 2 saturated heterocycles. The van der Waals surface area contributed by atoms with Gasteiger partial charge in [-0.2, -0.15) is 5.10 Å². The summed E-state index contributed by atoms with van der Waals surface area (Å²) >= 11 is 1.50. The third kappa shape index (κ3) is 5.54. The van der Waals surface area contributed by atoms with Gasteiger partial charge in [0, 0.05) is 49.8 Å². The Morgan fingerprint density at radius 1 is 1.12 bits per heavy atom. The number of carbonyl (C=O) groups is 1. The third-order valence-corrected chi connectivity index (χ3v) is 7.39. The number of nitrogens with one attached hydrogen (secondary N) is 1. The van der Waals surface area contributed by atoms with Gasteiger partial charge in [0.1, 0.15) is 10.8 Å². The standard InChI is InChI=1S/C25H29FN4O3S/c26-20-3-1-19(2-4-20)24-22(13-28-30(24)14-18-7-10-33-15-18)25-29-21(16-34-25)11-23(31)27-12-17-5-8-32-9-6-17/h1-4,13,16-18H,5-12,14-15H2,(H,27,31). The minimum absolute atomic E-state index is 0.0148. The second-order valence-electron chi connectivity index (χ2n) is 9.01. The molecule has 2 aromatic heterocycles. The highest BCUT2D eigenvalue weighted by molar-refractivity contribution is 7.13. The van der Waals surface area contributed by atoms with Gasteiger partial charge in [-0.15, -0.1) is 11.3 Å². The van der Waals surface area contributed by atoms with E-state index in [0.717, 1.165) is 79.8 Å². The van der Waals surface area contributed by atoms with Crippen molar-refractivity contribution in [1.29, 1.82) is 0 Å². The predicted molar refractivity (Wildman–Crippen MR) is 128 cm³/mol. The SMILES string of the molecule is O=C(Cc1csc(-c2cnn(CC3CCOC3)c2-c2ccc(F)cc2)n1)NCC1CCOCC1. The van der Waals surface area contributed by atoms with Crippen LogP contribution in [0.1, 0.15) is 25.0 Å². The van der Waals surface area contributed by atoms with E-state index in [4.69, 9.17) is 14.5 Å². The summed E-state index contributed by atoms with van der Waals surface area (Å²) in [4.78, 5) is 17.2. The topological polar surface area (TPSA) is 78.3 Å². The predicted octanol–water partition coefficient (Wildman–Crippen LogP) is 3.93. The molecule has 2 aliphatic rings. The van der Waals surface area contributed by atoms with E-state index in [1.165, 1.54) is 23.5 Å². The van der Waals surface area contributed by atoms with Crippen molar-refractivity contribution < 1.29 is 18.7 Å². The number of nitrogens with zero attached hydrogens (tertiary/aromatic N) is 3. The van der Waals surface area contributed by atoms with Crippen LogP contribution < -0.4 is 5.32 Å². The molecule has 9 heteroatoms. The van der Waals surface area contributed by atoms with Crippen LogP contribution in [0.4, 0.5) is 4.39 Å². The number of benzene rings is 1. The summed E-state index contributed by atoms with van der Waals surface area (Å²) in [5.41, 5.74) is 3.44. The van der Waals surface area contributed by atoms with Gasteiger partial charge < -0.3 is 14.8 Å². The Kier molecular flexibility index (Phi) is 7.32. The van der Waals surface area contributed by atoms with E-state index in [9.17, 15) is 9.18 Å². The van der Waals surface area contributed by atoms with Crippen LogP contribution in [0.5, 0.6) is 0 Å². The lowest BCUT2D eigenvalue weighted by Crippen LogP contribution is -2.33. The summed E-state index contributed by atoms with van der Waals surface area (Å²) in [5.74, 6) is 0.596. The van der Waals surface area contributed by atoms with Gasteiger partial charge in [-0.05, 0) is 49.4 Å². The molecule has 0 saturated carbocycles. The van der Waals surface area contributed by atoms with Crippen molar-refractivity contribution in [3.63, 3.8) is 0 Å². The van der Waals surface area contributed by atoms with Crippen molar-refractivity contribution in [2.24, 2.45) is 11.8 Å². The summed E-state index contributed by atoms with van der Waals surface area (Å²) < 4.78 is 26.5. The number of rotatable bonds is 8. The number of aromatic nitrogens is 3. The highest BCUT2D eigenvalue weighted by Gasteiger charge is 2.23. The zero-order valence-corrected chi connectivity index (χ0v) is 19.9. The molecule has 7 nitrogen and oxygen atoms in total. The average Bonchev–Trinajstić information content (AvgIpc) is 3.61. The summed E-state index contributed by atoms with van der Waals surface area (Å²) in [6.45, 7) is 4.46. The average molecular weight is 485 g/mol. The molecule has 0 aliphatic carbocycles. The molecule has 1 N–H and O–H groups in total. The monoisotopic (exact) mass is 484 g/mol. The van der Waals surface area contributed by atoms with Gasteiger partial charge in [0.15, 0.2) is 0 Å². The molecule has 5 rings (SSSR count). The first-order valence-electron chi connectivity index (χ1n) is 11.8. The van der Waals surface area contributed by atoms with Gasteiger partial charge in [-0.25, -0.2) is 9.37 Å². The van der Waals surface area contributed by atoms with Crippen molar-refractivity contribution >= 4 is 17.2 Å². The quantitative estimate of drug-likeness (QED) is 0.524. The molecule has 2 fully saturated rings. The summed E-state index contributed by atoms with van der Waals surface area (Å²) in [7, 11) is 0. The van der Waals surface area contributed by atoms with Crippen LogP contribution >= 0.6 is 11.3 Å². The van der Waals surface area contributed by atoms with Crippen molar-refractivity contribution in [2.75, 3.05) is 33.0 Å². The van der Waals surface area contributed by atoms with E-state index in [1.54, 1.807) is 12.1 Å². The first kappa shape index (κ1) is 23.1. The fourth-order valence-corrected chi connectivity index (χ4v) is 5.34. The maximum Gasteiger partial charge on any atom is 0.226 e. The zero-order chi connectivity index (χ0) is 23.3. The number of halogens is 1. The van der Waals surface area contributed by atoms with Gasteiger partial charge in [-0.1, -0.05) is 0 Å². The van der Waals surface area contributed by atoms with Crippen molar-refractivity contribution in [2.45, 2.75) is 32.2 Å². The molecule has 0 spiro atoms.